The van der Waals surface area contributed by atoms with Gasteiger partial charge < -0.3 is 15.8 Å². The second-order valence-corrected chi connectivity index (χ2v) is 3.31. The molecule has 66 valence electrons. The molecule has 0 unspecified atom stereocenters. The van der Waals surface area contributed by atoms with Crippen molar-refractivity contribution in [3.8, 4) is 0 Å². The van der Waals surface area contributed by atoms with Crippen LogP contribution in [-0.2, 0) is 0 Å². The number of nitro groups is 1. The molecule has 7 heteroatoms. The highest BCUT2D eigenvalue weighted by Gasteiger charge is 2.12. The number of nitrogens with zero attached hydrogens (tertiary/aromatic N) is 3. The Morgan fingerprint density at radius 3 is 2.92 bits per heavy atom. The first-order valence-corrected chi connectivity index (χ1v) is 4.16. The molecule has 0 atom stereocenters. The molecule has 13 heavy (non-hydrogen) atoms. The van der Waals surface area contributed by atoms with Gasteiger partial charge >= 0.3 is 5.82 Å². The van der Waals surface area contributed by atoms with Gasteiger partial charge in [0.25, 0.3) is 4.83 Å². The van der Waals surface area contributed by atoms with E-state index >= 15 is 0 Å². The maximum absolute atomic E-state index is 10.3. The number of nitrogens with two attached hydrogens (primary N) is 1. The Kier molecular flexibility index (Phi) is 1.59. The summed E-state index contributed by atoms with van der Waals surface area (Å²) in [5.74, 6) is -0.184. The highest BCUT2D eigenvalue weighted by Crippen LogP contribution is 2.23. The van der Waals surface area contributed by atoms with Crippen LogP contribution in [0.4, 0.5) is 10.9 Å². The predicted octanol–water partition coefficient (Wildman–Crippen LogP) is 1.18. The molecule has 0 saturated carbocycles. The van der Waals surface area contributed by atoms with Gasteiger partial charge in [0.05, 0.1) is 0 Å². The smallest absolute Gasteiger partial charge is 0.365 e. The minimum atomic E-state index is -0.546. The van der Waals surface area contributed by atoms with E-state index in [1.165, 1.54) is 12.1 Å². The predicted molar refractivity (Wildman–Crippen MR) is 48.5 cm³/mol. The van der Waals surface area contributed by atoms with Crippen molar-refractivity contribution < 1.29 is 4.92 Å². The highest BCUT2D eigenvalue weighted by molar-refractivity contribution is 7.21. The molecule has 2 N–H and O–H groups in total. The van der Waals surface area contributed by atoms with Gasteiger partial charge in [-0.25, -0.2) is 4.98 Å². The first-order valence-electron chi connectivity index (χ1n) is 3.34. The maximum atomic E-state index is 10.3. The number of hydrogen-bond acceptors (Lipinski definition) is 6. The number of pyridine rings is 1. The topological polar surface area (TPSA) is 94.9 Å². The van der Waals surface area contributed by atoms with Crippen molar-refractivity contribution in [1.82, 2.24) is 9.97 Å². The minimum Gasteiger partial charge on any atom is -0.375 e. The summed E-state index contributed by atoms with van der Waals surface area (Å²) in [5, 5.41) is 10.7. The minimum absolute atomic E-state index is 0.184. The van der Waals surface area contributed by atoms with Gasteiger partial charge in [0, 0.05) is 6.07 Å². The summed E-state index contributed by atoms with van der Waals surface area (Å²) in [7, 11) is 0. The molecule has 0 spiro atoms. The van der Waals surface area contributed by atoms with Crippen LogP contribution in [0.15, 0.2) is 12.1 Å². The molecule has 2 rings (SSSR count). The van der Waals surface area contributed by atoms with Gasteiger partial charge in [0.1, 0.15) is 5.52 Å². The van der Waals surface area contributed by atoms with Crippen LogP contribution in [0.5, 0.6) is 0 Å². The van der Waals surface area contributed by atoms with Crippen LogP contribution in [0.1, 0.15) is 0 Å². The molecule has 0 aliphatic heterocycles. The highest BCUT2D eigenvalue weighted by atomic mass is 32.1. The normalized spacial score (nSPS) is 10.5. The van der Waals surface area contributed by atoms with E-state index in [1.54, 1.807) is 0 Å². The van der Waals surface area contributed by atoms with Crippen LogP contribution in [0, 0.1) is 10.1 Å². The summed E-state index contributed by atoms with van der Waals surface area (Å²) in [6, 6.07) is 2.84. The Hall–Kier alpha value is -1.76. The molecule has 2 aromatic rings. The number of thiazole rings is 1. The number of rotatable bonds is 1. The maximum Gasteiger partial charge on any atom is 0.365 e. The van der Waals surface area contributed by atoms with Crippen molar-refractivity contribution in [3.05, 3.63) is 22.2 Å². The molecule has 0 aliphatic carbocycles. The van der Waals surface area contributed by atoms with E-state index < -0.39 is 4.92 Å². The van der Waals surface area contributed by atoms with Crippen LogP contribution < -0.4 is 5.73 Å². The number of fused-ring (bicyclic) bond motifs is 1. The van der Waals surface area contributed by atoms with Crippen LogP contribution in [-0.4, -0.2) is 14.9 Å². The quantitative estimate of drug-likeness (QED) is 0.545. The number of anilines is 1. The SMILES string of the molecule is Nc1nc2ccc([N+](=O)[O-])nc2s1. The zero-order valence-corrected chi connectivity index (χ0v) is 7.11. The standard InChI is InChI=1S/C6H4N4O2S/c7-6-8-3-1-2-4(10(11)12)9-5(3)13-6/h1-2H,(H2,7,8). The van der Waals surface area contributed by atoms with Crippen molar-refractivity contribution in [3.63, 3.8) is 0 Å². The molecule has 0 fully saturated rings. The third-order valence-electron chi connectivity index (χ3n) is 1.44. The molecule has 0 radical (unpaired) electrons. The Morgan fingerprint density at radius 2 is 2.23 bits per heavy atom. The lowest BCUT2D eigenvalue weighted by molar-refractivity contribution is -0.389. The third-order valence-corrected chi connectivity index (χ3v) is 2.24. The van der Waals surface area contributed by atoms with Crippen LogP contribution >= 0.6 is 11.3 Å². The number of nitrogen functional groups attached to an aromatic ring is 1. The lowest BCUT2D eigenvalue weighted by Gasteiger charge is -1.88. The van der Waals surface area contributed by atoms with Crippen molar-refractivity contribution in [2.75, 3.05) is 5.73 Å². The van der Waals surface area contributed by atoms with Gasteiger partial charge in [-0.1, -0.05) is 11.3 Å². The summed E-state index contributed by atoms with van der Waals surface area (Å²) < 4.78 is 0. The Balaban J connectivity index is 2.67. The number of aromatic nitrogens is 2. The van der Waals surface area contributed by atoms with Crippen molar-refractivity contribution in [1.29, 1.82) is 0 Å². The van der Waals surface area contributed by atoms with Gasteiger partial charge in [-0.15, -0.1) is 0 Å². The zero-order valence-electron chi connectivity index (χ0n) is 6.30. The average Bonchev–Trinajstić information content (AvgIpc) is 2.42. The second kappa shape index (κ2) is 2.63. The second-order valence-electron chi connectivity index (χ2n) is 2.30. The van der Waals surface area contributed by atoms with E-state index in [0.29, 0.717) is 15.5 Å². The van der Waals surface area contributed by atoms with Crippen LogP contribution in [0.3, 0.4) is 0 Å². The molecule has 2 aromatic heterocycles. The zero-order chi connectivity index (χ0) is 9.42. The molecule has 0 aromatic carbocycles. The molecule has 6 nitrogen and oxygen atoms in total. The van der Waals surface area contributed by atoms with E-state index in [0.717, 1.165) is 11.3 Å². The molecule has 0 saturated heterocycles. The summed E-state index contributed by atoms with van der Waals surface area (Å²) in [6.45, 7) is 0. The first-order chi connectivity index (χ1) is 6.16. The fourth-order valence-electron chi connectivity index (χ4n) is 0.926. The molecule has 0 aliphatic rings. The molecular formula is C6H4N4O2S. The number of hydrogen-bond donors (Lipinski definition) is 1. The lowest BCUT2D eigenvalue weighted by atomic mass is 10.4. The Morgan fingerprint density at radius 1 is 1.46 bits per heavy atom. The van der Waals surface area contributed by atoms with E-state index in [-0.39, 0.29) is 5.82 Å². The van der Waals surface area contributed by atoms with Crippen molar-refractivity contribution >= 4 is 32.6 Å². The van der Waals surface area contributed by atoms with E-state index in [9.17, 15) is 10.1 Å². The summed E-state index contributed by atoms with van der Waals surface area (Å²) in [4.78, 5) is 18.0. The fourth-order valence-corrected chi connectivity index (χ4v) is 1.63. The fraction of sp³-hybridized carbons (Fsp3) is 0. The van der Waals surface area contributed by atoms with Crippen LogP contribution in [0.25, 0.3) is 10.3 Å². The molecule has 0 amide bonds. The molecular weight excluding hydrogens is 192 g/mol. The van der Waals surface area contributed by atoms with Gasteiger partial charge in [-0.05, 0) is 16.0 Å². The lowest BCUT2D eigenvalue weighted by Crippen LogP contribution is -1.90. The largest absolute Gasteiger partial charge is 0.375 e. The Labute approximate surface area is 76.2 Å². The average molecular weight is 196 g/mol. The molecule has 2 heterocycles. The summed E-state index contributed by atoms with van der Waals surface area (Å²) in [6.07, 6.45) is 0. The third kappa shape index (κ3) is 1.29. The summed E-state index contributed by atoms with van der Waals surface area (Å²) in [5.41, 5.74) is 6.01. The molecule has 0 bridgehead atoms. The van der Waals surface area contributed by atoms with E-state index in [2.05, 4.69) is 9.97 Å². The van der Waals surface area contributed by atoms with E-state index in [1.807, 2.05) is 0 Å². The van der Waals surface area contributed by atoms with Crippen molar-refractivity contribution in [2.24, 2.45) is 0 Å². The van der Waals surface area contributed by atoms with Gasteiger partial charge in [-0.3, -0.25) is 0 Å². The monoisotopic (exact) mass is 196 g/mol. The summed E-state index contributed by atoms with van der Waals surface area (Å²) >= 11 is 1.13. The van der Waals surface area contributed by atoms with Crippen molar-refractivity contribution in [2.45, 2.75) is 0 Å². The van der Waals surface area contributed by atoms with Crippen LogP contribution in [0.2, 0.25) is 0 Å². The van der Waals surface area contributed by atoms with E-state index in [4.69, 9.17) is 5.73 Å². The first kappa shape index (κ1) is 7.87. The van der Waals surface area contributed by atoms with Gasteiger partial charge in [0.2, 0.25) is 0 Å². The Bertz CT molecular complexity index is 480. The van der Waals surface area contributed by atoms with Gasteiger partial charge in [-0.2, -0.15) is 0 Å². The van der Waals surface area contributed by atoms with Gasteiger partial charge in [0.15, 0.2) is 5.13 Å².